The molecule has 1 aromatic carbocycles. The second kappa shape index (κ2) is 4.29. The smallest absolute Gasteiger partial charge is 0.243 e. The summed E-state index contributed by atoms with van der Waals surface area (Å²) in [5, 5.41) is 3.24. The number of fused-ring (bicyclic) bond motifs is 2. The monoisotopic (exact) mass is 270 g/mol. The molecule has 0 radical (unpaired) electrons. The molecule has 18 heavy (non-hydrogen) atoms. The van der Waals surface area contributed by atoms with Gasteiger partial charge in [-0.3, -0.25) is 0 Å². The number of piperazine rings is 1. The summed E-state index contributed by atoms with van der Waals surface area (Å²) in [7, 11) is -3.49. The van der Waals surface area contributed by atoms with Crippen molar-refractivity contribution < 1.29 is 12.8 Å². The van der Waals surface area contributed by atoms with Crippen LogP contribution in [0.3, 0.4) is 0 Å². The van der Waals surface area contributed by atoms with Crippen LogP contribution < -0.4 is 5.32 Å². The maximum absolute atomic E-state index is 12.9. The lowest BCUT2D eigenvalue weighted by Crippen LogP contribution is -2.53. The van der Waals surface area contributed by atoms with Gasteiger partial charge in [0.1, 0.15) is 5.82 Å². The zero-order valence-corrected chi connectivity index (χ0v) is 10.7. The van der Waals surface area contributed by atoms with Gasteiger partial charge >= 0.3 is 0 Å². The molecule has 2 heterocycles. The molecule has 2 fully saturated rings. The quantitative estimate of drug-likeness (QED) is 0.870. The van der Waals surface area contributed by atoms with Crippen LogP contribution in [-0.4, -0.2) is 37.9 Å². The van der Waals surface area contributed by atoms with Gasteiger partial charge in [-0.15, -0.1) is 0 Å². The van der Waals surface area contributed by atoms with E-state index in [2.05, 4.69) is 5.32 Å². The van der Waals surface area contributed by atoms with Crippen molar-refractivity contribution in [3.05, 3.63) is 30.1 Å². The number of hydrogen-bond donors (Lipinski definition) is 1. The van der Waals surface area contributed by atoms with Crippen LogP contribution in [0, 0.1) is 5.82 Å². The van der Waals surface area contributed by atoms with E-state index in [0.717, 1.165) is 12.8 Å². The SMILES string of the molecule is O=S(=O)(c1ccc(F)cc1)N1C2CCC1CNC2. The van der Waals surface area contributed by atoms with E-state index in [0.29, 0.717) is 13.1 Å². The van der Waals surface area contributed by atoms with Crippen molar-refractivity contribution in [3.8, 4) is 0 Å². The Morgan fingerprint density at radius 1 is 1.11 bits per heavy atom. The van der Waals surface area contributed by atoms with E-state index >= 15 is 0 Å². The van der Waals surface area contributed by atoms with Crippen molar-refractivity contribution in [1.82, 2.24) is 9.62 Å². The van der Waals surface area contributed by atoms with Crippen molar-refractivity contribution in [3.63, 3.8) is 0 Å². The first-order valence-electron chi connectivity index (χ1n) is 6.09. The molecule has 1 aromatic rings. The van der Waals surface area contributed by atoms with Crippen molar-refractivity contribution >= 4 is 10.0 Å². The molecule has 2 aliphatic heterocycles. The fourth-order valence-electron chi connectivity index (χ4n) is 2.86. The molecule has 2 atom stereocenters. The van der Waals surface area contributed by atoms with Crippen molar-refractivity contribution in [2.24, 2.45) is 0 Å². The molecular formula is C12H15FN2O2S. The highest BCUT2D eigenvalue weighted by Crippen LogP contribution is 2.32. The highest BCUT2D eigenvalue weighted by atomic mass is 32.2. The molecule has 0 spiro atoms. The summed E-state index contributed by atoms with van der Waals surface area (Å²) in [6.07, 6.45) is 1.80. The standard InChI is InChI=1S/C12H15FN2O2S/c13-9-1-5-12(6-2-9)18(16,17)15-10-3-4-11(15)8-14-7-10/h1-2,5-6,10-11,14H,3-4,7-8H2. The summed E-state index contributed by atoms with van der Waals surface area (Å²) in [5.74, 6) is -0.419. The average Bonchev–Trinajstić information content (AvgIpc) is 2.62. The molecule has 2 aliphatic rings. The van der Waals surface area contributed by atoms with Gasteiger partial charge in [-0.25, -0.2) is 12.8 Å². The van der Waals surface area contributed by atoms with Gasteiger partial charge in [-0.05, 0) is 37.1 Å². The number of rotatable bonds is 2. The zero-order chi connectivity index (χ0) is 12.8. The second-order valence-electron chi connectivity index (χ2n) is 4.83. The van der Waals surface area contributed by atoms with Crippen LogP contribution in [0.25, 0.3) is 0 Å². The molecule has 2 bridgehead atoms. The zero-order valence-electron chi connectivity index (χ0n) is 9.84. The van der Waals surface area contributed by atoms with E-state index in [-0.39, 0.29) is 17.0 Å². The first-order chi connectivity index (χ1) is 8.59. The van der Waals surface area contributed by atoms with Gasteiger partial charge in [0.2, 0.25) is 10.0 Å². The fraction of sp³-hybridized carbons (Fsp3) is 0.500. The molecule has 98 valence electrons. The highest BCUT2D eigenvalue weighted by molar-refractivity contribution is 7.89. The van der Waals surface area contributed by atoms with Gasteiger partial charge in [0.05, 0.1) is 4.90 Å². The molecule has 0 aliphatic carbocycles. The molecule has 6 heteroatoms. The first-order valence-corrected chi connectivity index (χ1v) is 7.53. The maximum Gasteiger partial charge on any atom is 0.243 e. The summed E-state index contributed by atoms with van der Waals surface area (Å²) in [4.78, 5) is 0.183. The van der Waals surface area contributed by atoms with E-state index in [1.54, 1.807) is 4.31 Å². The summed E-state index contributed by atoms with van der Waals surface area (Å²) < 4.78 is 39.5. The van der Waals surface area contributed by atoms with E-state index in [1.807, 2.05) is 0 Å². The van der Waals surface area contributed by atoms with E-state index in [1.165, 1.54) is 24.3 Å². The number of nitrogens with zero attached hydrogens (tertiary/aromatic N) is 1. The van der Waals surface area contributed by atoms with Crippen LogP contribution in [-0.2, 0) is 10.0 Å². The Bertz CT molecular complexity index is 528. The van der Waals surface area contributed by atoms with E-state index in [4.69, 9.17) is 0 Å². The maximum atomic E-state index is 12.9. The summed E-state index contributed by atoms with van der Waals surface area (Å²) in [5.41, 5.74) is 0. The molecule has 2 saturated heterocycles. The third-order valence-electron chi connectivity index (χ3n) is 3.70. The van der Waals surface area contributed by atoms with Crippen molar-refractivity contribution in [2.45, 2.75) is 29.8 Å². The average molecular weight is 270 g/mol. The Morgan fingerprint density at radius 3 is 2.22 bits per heavy atom. The largest absolute Gasteiger partial charge is 0.314 e. The van der Waals surface area contributed by atoms with Crippen molar-refractivity contribution in [1.29, 1.82) is 0 Å². The van der Waals surface area contributed by atoms with Crippen LogP contribution in [0.5, 0.6) is 0 Å². The summed E-state index contributed by atoms with van der Waals surface area (Å²) in [6, 6.07) is 5.14. The molecule has 0 saturated carbocycles. The Balaban J connectivity index is 1.97. The van der Waals surface area contributed by atoms with Gasteiger partial charge < -0.3 is 5.32 Å². The van der Waals surface area contributed by atoms with Gasteiger partial charge in [0, 0.05) is 25.2 Å². The minimum absolute atomic E-state index is 0.0406. The molecule has 0 amide bonds. The molecule has 3 rings (SSSR count). The Kier molecular flexibility index (Phi) is 2.88. The van der Waals surface area contributed by atoms with Gasteiger partial charge in [0.15, 0.2) is 0 Å². The minimum Gasteiger partial charge on any atom is -0.314 e. The van der Waals surface area contributed by atoms with Crippen LogP contribution in [0.1, 0.15) is 12.8 Å². The van der Waals surface area contributed by atoms with Crippen LogP contribution >= 0.6 is 0 Å². The van der Waals surface area contributed by atoms with E-state index < -0.39 is 15.8 Å². The van der Waals surface area contributed by atoms with E-state index in [9.17, 15) is 12.8 Å². The summed E-state index contributed by atoms with van der Waals surface area (Å²) >= 11 is 0. The Hall–Kier alpha value is -0.980. The van der Waals surface area contributed by atoms with Crippen LogP contribution in [0.2, 0.25) is 0 Å². The third kappa shape index (κ3) is 1.84. The lowest BCUT2D eigenvalue weighted by molar-refractivity contribution is 0.263. The fourth-order valence-corrected chi connectivity index (χ4v) is 4.73. The summed E-state index contributed by atoms with van der Waals surface area (Å²) in [6.45, 7) is 1.41. The lowest BCUT2D eigenvalue weighted by Gasteiger charge is -2.34. The number of halogens is 1. The van der Waals surface area contributed by atoms with Gasteiger partial charge in [0.25, 0.3) is 0 Å². The molecule has 1 N–H and O–H groups in total. The Morgan fingerprint density at radius 2 is 1.67 bits per heavy atom. The normalized spacial score (nSPS) is 28.5. The topological polar surface area (TPSA) is 49.4 Å². The number of hydrogen-bond acceptors (Lipinski definition) is 3. The molecular weight excluding hydrogens is 255 g/mol. The molecule has 2 unspecified atom stereocenters. The Labute approximate surface area is 106 Å². The van der Waals surface area contributed by atoms with Gasteiger partial charge in [-0.2, -0.15) is 4.31 Å². The van der Waals surface area contributed by atoms with Crippen LogP contribution in [0.15, 0.2) is 29.2 Å². The first kappa shape index (κ1) is 12.1. The third-order valence-corrected chi connectivity index (χ3v) is 5.72. The number of nitrogens with one attached hydrogen (secondary N) is 1. The number of benzene rings is 1. The predicted molar refractivity (Wildman–Crippen MR) is 65.1 cm³/mol. The lowest BCUT2D eigenvalue weighted by atomic mass is 10.2. The van der Waals surface area contributed by atoms with Crippen molar-refractivity contribution in [2.75, 3.05) is 13.1 Å². The highest BCUT2D eigenvalue weighted by Gasteiger charge is 2.44. The van der Waals surface area contributed by atoms with Gasteiger partial charge in [-0.1, -0.05) is 0 Å². The number of sulfonamides is 1. The molecule has 0 aromatic heterocycles. The van der Waals surface area contributed by atoms with Crippen LogP contribution in [0.4, 0.5) is 4.39 Å². The minimum atomic E-state index is -3.49. The second-order valence-corrected chi connectivity index (χ2v) is 6.68. The molecule has 4 nitrogen and oxygen atoms in total. The predicted octanol–water partition coefficient (Wildman–Crippen LogP) is 0.951.